The van der Waals surface area contributed by atoms with Gasteiger partial charge in [-0.15, -0.1) is 11.3 Å². The molecule has 1 heterocycles. The van der Waals surface area contributed by atoms with E-state index in [4.69, 9.17) is 10.5 Å². The summed E-state index contributed by atoms with van der Waals surface area (Å²) in [6, 6.07) is 1.96. The molecule has 0 aliphatic heterocycles. The molecule has 92 valence electrons. The molecule has 0 aliphatic carbocycles. The quantitative estimate of drug-likeness (QED) is 0.832. The number of nitrogens with two attached hydrogens (primary N) is 1. The lowest BCUT2D eigenvalue weighted by molar-refractivity contribution is 0.114. The van der Waals surface area contributed by atoms with Gasteiger partial charge < -0.3 is 15.4 Å². The van der Waals surface area contributed by atoms with Crippen LogP contribution in [0.3, 0.4) is 0 Å². The first kappa shape index (κ1) is 13.6. The molecule has 0 saturated carbocycles. The average molecular weight is 252 g/mol. The highest BCUT2D eigenvalue weighted by Crippen LogP contribution is 2.15. The summed E-state index contributed by atoms with van der Waals surface area (Å²) in [5.41, 5.74) is 6.24. The Balaban J connectivity index is 2.57. The van der Waals surface area contributed by atoms with E-state index in [-0.39, 0.29) is 6.09 Å². The van der Waals surface area contributed by atoms with Gasteiger partial charge >= 0.3 is 6.09 Å². The van der Waals surface area contributed by atoms with Crippen molar-refractivity contribution in [3.05, 3.63) is 21.9 Å². The van der Waals surface area contributed by atoms with Gasteiger partial charge in [0.25, 0.3) is 0 Å². The number of thiophene rings is 1. The molecule has 17 heavy (non-hydrogen) atoms. The van der Waals surface area contributed by atoms with Gasteiger partial charge in [-0.05, 0) is 13.0 Å². The monoisotopic (exact) mass is 252 g/mol. The predicted molar refractivity (Wildman–Crippen MR) is 68.7 cm³/mol. The molecule has 0 spiro atoms. The number of amides is 1. The van der Waals surface area contributed by atoms with Crippen molar-refractivity contribution >= 4 is 17.4 Å². The Morgan fingerprint density at radius 1 is 1.65 bits per heavy atom. The van der Waals surface area contributed by atoms with Gasteiger partial charge in [-0.25, -0.2) is 4.79 Å². The number of hydrogen-bond acceptors (Lipinski definition) is 4. The fourth-order valence-electron chi connectivity index (χ4n) is 1.21. The minimum absolute atomic E-state index is 0.310. The van der Waals surface area contributed by atoms with Crippen LogP contribution < -0.4 is 5.73 Å². The first-order valence-electron chi connectivity index (χ1n) is 5.31. The molecule has 0 radical (unpaired) electrons. The molecule has 2 N–H and O–H groups in total. The third-order valence-electron chi connectivity index (χ3n) is 1.96. The zero-order valence-corrected chi connectivity index (χ0v) is 10.8. The second kappa shape index (κ2) is 6.94. The first-order valence-corrected chi connectivity index (χ1v) is 6.19. The van der Waals surface area contributed by atoms with Crippen molar-refractivity contribution in [2.24, 2.45) is 5.73 Å². The Labute approximate surface area is 105 Å². The van der Waals surface area contributed by atoms with E-state index in [9.17, 15) is 4.79 Å². The summed E-state index contributed by atoms with van der Waals surface area (Å²) in [6.45, 7) is 3.07. The van der Waals surface area contributed by atoms with Crippen LogP contribution in [0.4, 0.5) is 4.79 Å². The summed E-state index contributed by atoms with van der Waals surface area (Å²) in [5.74, 6) is 5.75. The van der Waals surface area contributed by atoms with Crippen LogP contribution in [0.15, 0.2) is 11.4 Å². The van der Waals surface area contributed by atoms with Gasteiger partial charge in [0.15, 0.2) is 0 Å². The number of hydrogen-bond donors (Lipinski definition) is 1. The van der Waals surface area contributed by atoms with E-state index >= 15 is 0 Å². The van der Waals surface area contributed by atoms with E-state index < -0.39 is 0 Å². The van der Waals surface area contributed by atoms with Crippen molar-refractivity contribution in [3.63, 3.8) is 0 Å². The van der Waals surface area contributed by atoms with Crippen molar-refractivity contribution in [2.75, 3.05) is 20.2 Å². The van der Waals surface area contributed by atoms with E-state index in [0.29, 0.717) is 19.7 Å². The Bertz CT molecular complexity index is 431. The van der Waals surface area contributed by atoms with Gasteiger partial charge in [-0.2, -0.15) is 0 Å². The molecule has 1 aromatic heterocycles. The molecular formula is C12H16N2O2S. The Morgan fingerprint density at radius 3 is 3.06 bits per heavy atom. The number of carbonyl (C=O) groups is 1. The lowest BCUT2D eigenvalue weighted by atomic mass is 10.3. The van der Waals surface area contributed by atoms with Gasteiger partial charge in [0.05, 0.1) is 19.7 Å². The van der Waals surface area contributed by atoms with Crippen molar-refractivity contribution in [3.8, 4) is 11.8 Å². The fraction of sp³-hybridized carbons (Fsp3) is 0.417. The van der Waals surface area contributed by atoms with Crippen LogP contribution in [0, 0.1) is 11.8 Å². The Hall–Kier alpha value is -1.51. The van der Waals surface area contributed by atoms with Crippen LogP contribution in [-0.4, -0.2) is 31.2 Å². The lowest BCUT2D eigenvalue weighted by Gasteiger charge is -2.14. The summed E-state index contributed by atoms with van der Waals surface area (Å²) < 4.78 is 4.89. The highest BCUT2D eigenvalue weighted by molar-refractivity contribution is 7.10. The normalized spacial score (nSPS) is 9.35. The lowest BCUT2D eigenvalue weighted by Crippen LogP contribution is -2.26. The second-order valence-corrected chi connectivity index (χ2v) is 4.36. The third kappa shape index (κ3) is 4.47. The summed E-state index contributed by atoms with van der Waals surface area (Å²) in [4.78, 5) is 14.0. The molecule has 4 nitrogen and oxygen atoms in total. The number of nitrogens with zero attached hydrogens (tertiary/aromatic N) is 1. The average Bonchev–Trinajstić information content (AvgIpc) is 2.74. The van der Waals surface area contributed by atoms with Crippen LogP contribution in [0.2, 0.25) is 0 Å². The molecule has 5 heteroatoms. The molecule has 0 fully saturated rings. The molecule has 1 amide bonds. The maximum Gasteiger partial charge on any atom is 0.409 e. The second-order valence-electron chi connectivity index (χ2n) is 3.36. The van der Waals surface area contributed by atoms with Crippen molar-refractivity contribution < 1.29 is 9.53 Å². The highest BCUT2D eigenvalue weighted by atomic mass is 32.1. The van der Waals surface area contributed by atoms with Crippen LogP contribution in [0.25, 0.3) is 0 Å². The Morgan fingerprint density at radius 2 is 2.41 bits per heavy atom. The smallest absolute Gasteiger partial charge is 0.409 e. The standard InChI is InChI=1S/C12H16N2O2S/c1-3-16-12(15)14(2)8-11-7-10(9-17-11)5-4-6-13/h7,9H,3,6,8,13H2,1-2H3. The maximum absolute atomic E-state index is 11.4. The largest absolute Gasteiger partial charge is 0.450 e. The SMILES string of the molecule is CCOC(=O)N(C)Cc1cc(C#CCN)cs1. The van der Waals surface area contributed by atoms with E-state index in [1.54, 1.807) is 25.3 Å². The maximum atomic E-state index is 11.4. The highest BCUT2D eigenvalue weighted by Gasteiger charge is 2.10. The molecule has 0 saturated heterocycles. The summed E-state index contributed by atoms with van der Waals surface area (Å²) in [6.07, 6.45) is -0.310. The third-order valence-corrected chi connectivity index (χ3v) is 2.88. The minimum Gasteiger partial charge on any atom is -0.450 e. The topological polar surface area (TPSA) is 55.6 Å². The first-order chi connectivity index (χ1) is 8.17. The minimum atomic E-state index is -0.310. The van der Waals surface area contributed by atoms with Crippen LogP contribution in [-0.2, 0) is 11.3 Å². The van der Waals surface area contributed by atoms with E-state index in [2.05, 4.69) is 11.8 Å². The zero-order chi connectivity index (χ0) is 12.7. The van der Waals surface area contributed by atoms with Crippen LogP contribution in [0.5, 0.6) is 0 Å². The molecule has 0 atom stereocenters. The van der Waals surface area contributed by atoms with E-state index in [1.165, 1.54) is 4.90 Å². The summed E-state index contributed by atoms with van der Waals surface area (Å²) in [7, 11) is 1.71. The molecule has 0 aromatic carbocycles. The fourth-order valence-corrected chi connectivity index (χ4v) is 2.08. The number of rotatable bonds is 3. The molecule has 0 unspecified atom stereocenters. The van der Waals surface area contributed by atoms with Gasteiger partial charge in [0.1, 0.15) is 0 Å². The molecule has 0 aliphatic rings. The van der Waals surface area contributed by atoms with Gasteiger partial charge in [-0.3, -0.25) is 0 Å². The van der Waals surface area contributed by atoms with Crippen molar-refractivity contribution in [2.45, 2.75) is 13.5 Å². The number of ether oxygens (including phenoxy) is 1. The molecule has 1 aromatic rings. The van der Waals surface area contributed by atoms with Crippen molar-refractivity contribution in [1.82, 2.24) is 4.90 Å². The van der Waals surface area contributed by atoms with E-state index in [0.717, 1.165) is 10.4 Å². The zero-order valence-electron chi connectivity index (χ0n) is 10.0. The van der Waals surface area contributed by atoms with Crippen molar-refractivity contribution in [1.29, 1.82) is 0 Å². The van der Waals surface area contributed by atoms with Gasteiger partial charge in [0, 0.05) is 22.9 Å². The molecular weight excluding hydrogens is 236 g/mol. The van der Waals surface area contributed by atoms with Gasteiger partial charge in [-0.1, -0.05) is 11.8 Å². The van der Waals surface area contributed by atoms with Gasteiger partial charge in [0.2, 0.25) is 0 Å². The molecule has 1 rings (SSSR count). The summed E-state index contributed by atoms with van der Waals surface area (Å²) >= 11 is 1.57. The predicted octanol–water partition coefficient (Wildman–Crippen LogP) is 1.65. The molecule has 0 bridgehead atoms. The van der Waals surface area contributed by atoms with Crippen LogP contribution >= 0.6 is 11.3 Å². The van der Waals surface area contributed by atoms with Crippen LogP contribution in [0.1, 0.15) is 17.4 Å². The number of carbonyl (C=O) groups excluding carboxylic acids is 1. The summed E-state index contributed by atoms with van der Waals surface area (Å²) in [5, 5.41) is 1.96. The Kier molecular flexibility index (Phi) is 5.53. The van der Waals surface area contributed by atoms with E-state index in [1.807, 2.05) is 11.4 Å².